The molecule has 2 heterocycles. The first-order valence-electron chi connectivity index (χ1n) is 8.56. The Hall–Kier alpha value is -1.14. The van der Waals surface area contributed by atoms with Gasteiger partial charge in [-0.15, -0.1) is 5.10 Å². The number of aromatic nitrogens is 3. The van der Waals surface area contributed by atoms with E-state index < -0.39 is 18.5 Å². The smallest absolute Gasteiger partial charge is 0.186 e. The van der Waals surface area contributed by atoms with Crippen molar-refractivity contribution in [3.8, 4) is 0 Å². The highest BCUT2D eigenvalue weighted by Crippen LogP contribution is 2.27. The summed E-state index contributed by atoms with van der Waals surface area (Å²) in [6.07, 6.45) is -1.35. The van der Waals surface area contributed by atoms with Crippen LogP contribution >= 0.6 is 0 Å². The Labute approximate surface area is 147 Å². The van der Waals surface area contributed by atoms with Gasteiger partial charge in [0.25, 0.3) is 0 Å². The molecule has 0 aliphatic carbocycles. The van der Waals surface area contributed by atoms with Crippen LogP contribution in [0.25, 0.3) is 0 Å². The molecular weight excluding hydrogens is 328 g/mol. The zero-order valence-corrected chi connectivity index (χ0v) is 14.9. The fourth-order valence-electron chi connectivity index (χ4n) is 3.02. The van der Waals surface area contributed by atoms with Gasteiger partial charge in [-0.3, -0.25) is 4.90 Å². The van der Waals surface area contributed by atoms with Gasteiger partial charge < -0.3 is 31.2 Å². The molecule has 1 aromatic rings. The van der Waals surface area contributed by atoms with Crippen LogP contribution in [-0.4, -0.2) is 88.0 Å². The summed E-state index contributed by atoms with van der Waals surface area (Å²) < 4.78 is 12.5. The number of hydrogen-bond donors (Lipinski definition) is 4. The third-order valence-electron chi connectivity index (χ3n) is 4.52. The Bertz CT molecular complexity index is 508. The minimum Gasteiger partial charge on any atom is -0.390 e. The lowest BCUT2D eigenvalue weighted by Gasteiger charge is -2.40. The van der Waals surface area contributed by atoms with Gasteiger partial charge in [-0.2, -0.15) is 0 Å². The van der Waals surface area contributed by atoms with Crippen molar-refractivity contribution < 1.29 is 19.7 Å². The molecule has 2 rings (SSSR count). The molecule has 0 saturated carbocycles. The number of methoxy groups -OCH3 is 1. The van der Waals surface area contributed by atoms with E-state index in [4.69, 9.17) is 20.9 Å². The van der Waals surface area contributed by atoms with Gasteiger partial charge in [0, 0.05) is 51.9 Å². The maximum absolute atomic E-state index is 10.2. The second-order valence-corrected chi connectivity index (χ2v) is 6.40. The van der Waals surface area contributed by atoms with Crippen molar-refractivity contribution >= 4 is 0 Å². The average molecular weight is 358 g/mol. The van der Waals surface area contributed by atoms with E-state index in [1.165, 1.54) is 7.11 Å². The van der Waals surface area contributed by atoms with Crippen LogP contribution in [-0.2, 0) is 22.6 Å². The molecule has 1 saturated heterocycles. The number of aliphatic hydroxyl groups excluding tert-OH is 2. The van der Waals surface area contributed by atoms with Crippen LogP contribution in [0.1, 0.15) is 12.6 Å². The fraction of sp³-hybridized carbons (Fsp3) is 0.867. The van der Waals surface area contributed by atoms with Crippen molar-refractivity contribution in [2.75, 3.05) is 33.3 Å². The molecule has 1 aromatic heterocycles. The first kappa shape index (κ1) is 20.2. The van der Waals surface area contributed by atoms with Crippen LogP contribution in [0.4, 0.5) is 0 Å². The third kappa shape index (κ3) is 5.17. The van der Waals surface area contributed by atoms with E-state index in [9.17, 15) is 10.2 Å². The summed E-state index contributed by atoms with van der Waals surface area (Å²) in [4.78, 5) is 2.12. The molecule has 10 heteroatoms. The van der Waals surface area contributed by atoms with E-state index in [0.717, 1.165) is 18.8 Å². The molecule has 25 heavy (non-hydrogen) atoms. The molecule has 0 amide bonds. The number of aliphatic hydroxyl groups is 2. The Kier molecular flexibility index (Phi) is 7.69. The summed E-state index contributed by atoms with van der Waals surface area (Å²) >= 11 is 0. The van der Waals surface area contributed by atoms with Gasteiger partial charge in [0.2, 0.25) is 0 Å². The number of nitrogens with two attached hydrogens (primary N) is 2. The molecule has 0 radical (unpaired) electrons. The molecule has 1 aliphatic rings. The number of nitrogens with zero attached hydrogens (tertiary/aromatic N) is 4. The monoisotopic (exact) mass is 358 g/mol. The van der Waals surface area contributed by atoms with Crippen LogP contribution in [0.5, 0.6) is 0 Å². The standard InChI is InChI=1S/C15H30N6O4/c1-10-12(25-15(24-2)14(23)13(10)22)9-21-8-11(18-19-21)7-20(5-3-16)6-4-17/h8,10,12-15,22-23H,3-7,9,16-17H2,1-2H3/t10-,12?,13+,14?,15+/m1/s1. The molecule has 0 aromatic carbocycles. The van der Waals surface area contributed by atoms with Crippen molar-refractivity contribution in [3.63, 3.8) is 0 Å². The van der Waals surface area contributed by atoms with E-state index in [1.807, 2.05) is 13.1 Å². The van der Waals surface area contributed by atoms with Crippen LogP contribution in [0.2, 0.25) is 0 Å². The molecule has 0 bridgehead atoms. The first-order chi connectivity index (χ1) is 12.0. The molecule has 2 unspecified atom stereocenters. The van der Waals surface area contributed by atoms with Crippen molar-refractivity contribution in [2.45, 2.75) is 44.6 Å². The van der Waals surface area contributed by atoms with Crippen LogP contribution in [0, 0.1) is 5.92 Å². The van der Waals surface area contributed by atoms with E-state index in [1.54, 1.807) is 4.68 Å². The predicted octanol–water partition coefficient (Wildman–Crippen LogP) is -2.27. The Morgan fingerprint density at radius 1 is 1.28 bits per heavy atom. The van der Waals surface area contributed by atoms with E-state index in [-0.39, 0.29) is 12.0 Å². The average Bonchev–Trinajstić information content (AvgIpc) is 3.03. The van der Waals surface area contributed by atoms with Gasteiger partial charge in [-0.1, -0.05) is 12.1 Å². The first-order valence-corrected chi connectivity index (χ1v) is 8.56. The van der Waals surface area contributed by atoms with Crippen molar-refractivity contribution in [1.29, 1.82) is 0 Å². The Balaban J connectivity index is 1.97. The minimum atomic E-state index is -1.07. The quantitative estimate of drug-likeness (QED) is 0.384. The molecule has 5 atom stereocenters. The molecule has 6 N–H and O–H groups in total. The fourth-order valence-corrected chi connectivity index (χ4v) is 3.02. The maximum atomic E-state index is 10.2. The third-order valence-corrected chi connectivity index (χ3v) is 4.52. The lowest BCUT2D eigenvalue weighted by atomic mass is 9.90. The number of ether oxygens (including phenoxy) is 2. The molecule has 10 nitrogen and oxygen atoms in total. The number of rotatable bonds is 9. The summed E-state index contributed by atoms with van der Waals surface area (Å²) in [6.45, 7) is 5.45. The maximum Gasteiger partial charge on any atom is 0.186 e. The summed E-state index contributed by atoms with van der Waals surface area (Å²) in [5.41, 5.74) is 12.0. The topological polar surface area (TPSA) is 145 Å². The highest BCUT2D eigenvalue weighted by Gasteiger charge is 2.42. The van der Waals surface area contributed by atoms with E-state index in [0.29, 0.717) is 26.2 Å². The zero-order valence-electron chi connectivity index (χ0n) is 14.9. The molecular formula is C15H30N6O4. The number of hydrogen-bond acceptors (Lipinski definition) is 9. The second-order valence-electron chi connectivity index (χ2n) is 6.40. The highest BCUT2D eigenvalue weighted by molar-refractivity contribution is 4.94. The van der Waals surface area contributed by atoms with Crippen LogP contribution in [0.15, 0.2) is 6.20 Å². The molecule has 1 fully saturated rings. The van der Waals surface area contributed by atoms with Crippen molar-refractivity contribution in [3.05, 3.63) is 11.9 Å². The molecule has 144 valence electrons. The molecule has 0 spiro atoms. The zero-order chi connectivity index (χ0) is 18.4. The van der Waals surface area contributed by atoms with Crippen LogP contribution < -0.4 is 11.5 Å². The predicted molar refractivity (Wildman–Crippen MR) is 90.3 cm³/mol. The lowest BCUT2D eigenvalue weighted by molar-refractivity contribution is -0.277. The normalized spacial score (nSPS) is 30.1. The largest absolute Gasteiger partial charge is 0.390 e. The van der Waals surface area contributed by atoms with E-state index in [2.05, 4.69) is 15.2 Å². The van der Waals surface area contributed by atoms with Gasteiger partial charge in [0.15, 0.2) is 6.29 Å². The second kappa shape index (κ2) is 9.53. The van der Waals surface area contributed by atoms with Crippen molar-refractivity contribution in [2.24, 2.45) is 17.4 Å². The summed E-state index contributed by atoms with van der Waals surface area (Å²) in [7, 11) is 1.44. The SMILES string of the molecule is CO[C@H]1OC(Cn2cc(CN(CCN)CCN)nn2)[C@@H](C)[C@H](O)C1O. The lowest BCUT2D eigenvalue weighted by Crippen LogP contribution is -2.55. The molecule has 1 aliphatic heterocycles. The van der Waals surface area contributed by atoms with Gasteiger partial charge in [-0.25, -0.2) is 4.68 Å². The van der Waals surface area contributed by atoms with E-state index >= 15 is 0 Å². The Morgan fingerprint density at radius 2 is 1.96 bits per heavy atom. The van der Waals surface area contributed by atoms with Gasteiger partial charge >= 0.3 is 0 Å². The Morgan fingerprint density at radius 3 is 2.56 bits per heavy atom. The highest BCUT2D eigenvalue weighted by atomic mass is 16.7. The van der Waals surface area contributed by atoms with Crippen molar-refractivity contribution in [1.82, 2.24) is 19.9 Å². The summed E-state index contributed by atoms with van der Waals surface area (Å²) in [5.74, 6) is -0.264. The summed E-state index contributed by atoms with van der Waals surface area (Å²) in [5, 5.41) is 28.4. The van der Waals surface area contributed by atoms with Crippen LogP contribution in [0.3, 0.4) is 0 Å². The minimum absolute atomic E-state index is 0.264. The summed E-state index contributed by atoms with van der Waals surface area (Å²) in [6, 6.07) is 0. The van der Waals surface area contributed by atoms with Gasteiger partial charge in [0.05, 0.1) is 24.4 Å². The van der Waals surface area contributed by atoms with Gasteiger partial charge in [0.1, 0.15) is 6.10 Å². The van der Waals surface area contributed by atoms with Gasteiger partial charge in [-0.05, 0) is 0 Å².